The molecule has 0 saturated carbocycles. The molecule has 102 valence electrons. The summed E-state index contributed by atoms with van der Waals surface area (Å²) in [5, 5.41) is 0.551. The van der Waals surface area contributed by atoms with Gasteiger partial charge in [0.05, 0.1) is 11.3 Å². The summed E-state index contributed by atoms with van der Waals surface area (Å²) in [6.07, 6.45) is -1.36. The van der Waals surface area contributed by atoms with Crippen LogP contribution in [0, 0.1) is 0 Å². The average Bonchev–Trinajstić information content (AvgIpc) is 2.80. The number of rotatable bonds is 1. The maximum absolute atomic E-state index is 12.6. The Labute approximate surface area is 117 Å². The summed E-state index contributed by atoms with van der Waals surface area (Å²) in [4.78, 5) is 4.20. The van der Waals surface area contributed by atoms with Gasteiger partial charge in [-0.1, -0.05) is 23.7 Å². The van der Waals surface area contributed by atoms with Crippen LogP contribution in [0.2, 0.25) is 5.02 Å². The second kappa shape index (κ2) is 4.52. The first kappa shape index (κ1) is 13.0. The van der Waals surface area contributed by atoms with Crippen molar-refractivity contribution in [3.8, 4) is 11.3 Å². The van der Waals surface area contributed by atoms with Gasteiger partial charge in [-0.3, -0.25) is 0 Å². The van der Waals surface area contributed by atoms with E-state index in [4.69, 9.17) is 11.6 Å². The van der Waals surface area contributed by atoms with E-state index in [-0.39, 0.29) is 5.65 Å². The lowest BCUT2D eigenvalue weighted by molar-refractivity contribution is -0.137. The highest BCUT2D eigenvalue weighted by Gasteiger charge is 2.30. The lowest BCUT2D eigenvalue weighted by Gasteiger charge is -2.05. The Kier molecular flexibility index (Phi) is 2.94. The van der Waals surface area contributed by atoms with E-state index in [9.17, 15) is 13.2 Å². The number of halogens is 4. The molecule has 6 heteroatoms. The van der Waals surface area contributed by atoms with Gasteiger partial charge in [-0.05, 0) is 24.3 Å². The molecular weight excluding hydrogens is 289 g/mol. The minimum Gasteiger partial charge on any atom is -0.306 e. The summed E-state index contributed by atoms with van der Waals surface area (Å²) >= 11 is 5.90. The van der Waals surface area contributed by atoms with Crippen LogP contribution < -0.4 is 0 Å². The third-order valence-electron chi connectivity index (χ3n) is 2.91. The zero-order valence-electron chi connectivity index (χ0n) is 10.0. The first-order valence-corrected chi connectivity index (χ1v) is 6.13. The van der Waals surface area contributed by atoms with E-state index in [1.54, 1.807) is 34.9 Å². The Bertz CT molecular complexity index is 777. The topological polar surface area (TPSA) is 17.3 Å². The van der Waals surface area contributed by atoms with Crippen LogP contribution in [0.4, 0.5) is 13.2 Å². The fourth-order valence-electron chi connectivity index (χ4n) is 1.95. The van der Waals surface area contributed by atoms with Gasteiger partial charge in [0, 0.05) is 23.0 Å². The molecule has 0 bridgehead atoms. The zero-order chi connectivity index (χ0) is 14.3. The van der Waals surface area contributed by atoms with E-state index >= 15 is 0 Å². The Hall–Kier alpha value is -2.01. The Morgan fingerprint density at radius 1 is 1.10 bits per heavy atom. The van der Waals surface area contributed by atoms with E-state index in [2.05, 4.69) is 4.98 Å². The molecule has 1 aromatic carbocycles. The highest BCUT2D eigenvalue weighted by molar-refractivity contribution is 6.30. The monoisotopic (exact) mass is 296 g/mol. The summed E-state index contributed by atoms with van der Waals surface area (Å²) in [7, 11) is 0. The molecule has 3 aromatic rings. The number of fused-ring (bicyclic) bond motifs is 1. The lowest BCUT2D eigenvalue weighted by atomic mass is 10.2. The number of hydrogen-bond donors (Lipinski definition) is 0. The van der Waals surface area contributed by atoms with Crippen molar-refractivity contribution in [2.24, 2.45) is 0 Å². The number of nitrogens with zero attached hydrogens (tertiary/aromatic N) is 2. The third kappa shape index (κ3) is 2.36. The Morgan fingerprint density at radius 3 is 2.60 bits per heavy atom. The van der Waals surface area contributed by atoms with Crippen LogP contribution >= 0.6 is 11.6 Å². The molecule has 0 aliphatic carbocycles. The second-order valence-corrected chi connectivity index (χ2v) is 4.75. The quantitative estimate of drug-likeness (QED) is 0.637. The summed E-state index contributed by atoms with van der Waals surface area (Å²) < 4.78 is 39.5. The third-order valence-corrected chi connectivity index (χ3v) is 3.14. The van der Waals surface area contributed by atoms with Crippen molar-refractivity contribution in [2.75, 3.05) is 0 Å². The van der Waals surface area contributed by atoms with Crippen molar-refractivity contribution < 1.29 is 13.2 Å². The number of hydrogen-bond acceptors (Lipinski definition) is 1. The smallest absolute Gasteiger partial charge is 0.306 e. The van der Waals surface area contributed by atoms with E-state index < -0.39 is 11.7 Å². The van der Waals surface area contributed by atoms with Crippen LogP contribution in [-0.4, -0.2) is 9.38 Å². The van der Waals surface area contributed by atoms with Crippen LogP contribution in [0.25, 0.3) is 16.9 Å². The van der Waals surface area contributed by atoms with Gasteiger partial charge >= 0.3 is 6.18 Å². The van der Waals surface area contributed by atoms with Crippen molar-refractivity contribution in [3.63, 3.8) is 0 Å². The molecule has 0 radical (unpaired) electrons. The molecule has 0 amide bonds. The molecule has 2 heterocycles. The molecular formula is C14H8ClF3N2. The first-order valence-electron chi connectivity index (χ1n) is 5.75. The SMILES string of the molecule is FC(F)(F)c1ccn2cc(-c3cccc(Cl)c3)nc2c1. The van der Waals surface area contributed by atoms with Gasteiger partial charge in [0.25, 0.3) is 0 Å². The van der Waals surface area contributed by atoms with Crippen molar-refractivity contribution in [1.82, 2.24) is 9.38 Å². The summed E-state index contributed by atoms with van der Waals surface area (Å²) in [5.74, 6) is 0. The minimum atomic E-state index is -4.37. The number of aromatic nitrogens is 2. The first-order chi connectivity index (χ1) is 9.43. The fraction of sp³-hybridized carbons (Fsp3) is 0.0714. The van der Waals surface area contributed by atoms with Gasteiger partial charge in [0.15, 0.2) is 0 Å². The number of pyridine rings is 1. The Balaban J connectivity index is 2.11. The maximum atomic E-state index is 12.6. The van der Waals surface area contributed by atoms with Crippen molar-refractivity contribution in [3.05, 3.63) is 59.4 Å². The molecule has 0 saturated heterocycles. The molecule has 0 fully saturated rings. The molecule has 0 spiro atoms. The molecule has 0 unspecified atom stereocenters. The predicted molar refractivity (Wildman–Crippen MR) is 70.6 cm³/mol. The molecule has 0 N–H and O–H groups in total. The fourth-order valence-corrected chi connectivity index (χ4v) is 2.14. The van der Waals surface area contributed by atoms with Crippen LogP contribution in [0.1, 0.15) is 5.56 Å². The van der Waals surface area contributed by atoms with Crippen molar-refractivity contribution in [1.29, 1.82) is 0 Å². The van der Waals surface area contributed by atoms with E-state index in [1.165, 1.54) is 6.20 Å². The average molecular weight is 297 g/mol. The van der Waals surface area contributed by atoms with Gasteiger partial charge in [0.2, 0.25) is 0 Å². The minimum absolute atomic E-state index is 0.245. The summed E-state index contributed by atoms with van der Waals surface area (Å²) in [5.41, 5.74) is 0.865. The Morgan fingerprint density at radius 2 is 1.90 bits per heavy atom. The van der Waals surface area contributed by atoms with E-state index in [0.29, 0.717) is 10.7 Å². The van der Waals surface area contributed by atoms with E-state index in [1.807, 2.05) is 0 Å². The van der Waals surface area contributed by atoms with Crippen molar-refractivity contribution >= 4 is 17.2 Å². The number of imidazole rings is 1. The highest BCUT2D eigenvalue weighted by Crippen LogP contribution is 2.30. The molecule has 20 heavy (non-hydrogen) atoms. The van der Waals surface area contributed by atoms with Crippen LogP contribution in [-0.2, 0) is 6.18 Å². The zero-order valence-corrected chi connectivity index (χ0v) is 10.8. The summed E-state index contributed by atoms with van der Waals surface area (Å²) in [6, 6.07) is 9.06. The second-order valence-electron chi connectivity index (χ2n) is 4.32. The van der Waals surface area contributed by atoms with Crippen LogP contribution in [0.5, 0.6) is 0 Å². The van der Waals surface area contributed by atoms with Gasteiger partial charge < -0.3 is 4.40 Å². The molecule has 2 nitrogen and oxygen atoms in total. The normalized spacial score (nSPS) is 12.0. The number of benzene rings is 1. The molecule has 0 aliphatic heterocycles. The van der Waals surface area contributed by atoms with Crippen LogP contribution in [0.3, 0.4) is 0 Å². The molecule has 0 atom stereocenters. The van der Waals surface area contributed by atoms with Gasteiger partial charge in [-0.2, -0.15) is 13.2 Å². The van der Waals surface area contributed by atoms with Gasteiger partial charge in [-0.25, -0.2) is 4.98 Å². The van der Waals surface area contributed by atoms with Gasteiger partial charge in [-0.15, -0.1) is 0 Å². The van der Waals surface area contributed by atoms with Crippen molar-refractivity contribution in [2.45, 2.75) is 6.18 Å². The predicted octanol–water partition coefficient (Wildman–Crippen LogP) is 4.67. The van der Waals surface area contributed by atoms with E-state index in [0.717, 1.165) is 17.7 Å². The van der Waals surface area contributed by atoms with Crippen LogP contribution in [0.15, 0.2) is 48.8 Å². The molecule has 3 rings (SSSR count). The summed E-state index contributed by atoms with van der Waals surface area (Å²) in [6.45, 7) is 0. The largest absolute Gasteiger partial charge is 0.416 e. The van der Waals surface area contributed by atoms with Gasteiger partial charge in [0.1, 0.15) is 5.65 Å². The standard InChI is InChI=1S/C14H8ClF3N2/c15-11-3-1-2-9(6-11)12-8-20-5-4-10(14(16,17)18)7-13(20)19-12/h1-8H. The number of alkyl halides is 3. The molecule has 2 aromatic heterocycles. The lowest BCUT2D eigenvalue weighted by Crippen LogP contribution is -2.05. The maximum Gasteiger partial charge on any atom is 0.416 e. The highest BCUT2D eigenvalue weighted by atomic mass is 35.5. The molecule has 0 aliphatic rings.